The van der Waals surface area contributed by atoms with E-state index in [4.69, 9.17) is 0 Å². The molecular weight excluding hydrogens is 331 g/mol. The van der Waals surface area contributed by atoms with Gasteiger partial charge >= 0.3 is 0 Å². The Morgan fingerprint density at radius 3 is 2.35 bits per heavy atom. The van der Waals surface area contributed by atoms with Crippen molar-refractivity contribution in [3.63, 3.8) is 0 Å². The Morgan fingerprint density at radius 1 is 1.08 bits per heavy atom. The summed E-state index contributed by atoms with van der Waals surface area (Å²) in [5.41, 5.74) is 1.08. The molecule has 26 heavy (non-hydrogen) atoms. The summed E-state index contributed by atoms with van der Waals surface area (Å²) in [7, 11) is 0. The maximum absolute atomic E-state index is 14.1. The largest absolute Gasteiger partial charge is 0.350 e. The summed E-state index contributed by atoms with van der Waals surface area (Å²) < 4.78 is 14.1. The molecule has 5 heteroatoms. The van der Waals surface area contributed by atoms with Crippen LogP contribution >= 0.6 is 0 Å². The summed E-state index contributed by atoms with van der Waals surface area (Å²) in [4.78, 5) is 25.1. The molecule has 0 aliphatic heterocycles. The molecule has 2 aromatic rings. The van der Waals surface area contributed by atoms with Crippen LogP contribution in [0.5, 0.6) is 0 Å². The van der Waals surface area contributed by atoms with E-state index in [1.54, 1.807) is 50.2 Å². The number of carbonyl (C=O) groups excluding carboxylic acids is 2. The highest BCUT2D eigenvalue weighted by Gasteiger charge is 2.32. The van der Waals surface area contributed by atoms with Crippen molar-refractivity contribution >= 4 is 17.5 Å². The summed E-state index contributed by atoms with van der Waals surface area (Å²) in [5.74, 6) is -0.961. The first-order valence-electron chi connectivity index (χ1n) is 8.61. The van der Waals surface area contributed by atoms with Gasteiger partial charge in [0.15, 0.2) is 0 Å². The smallest absolute Gasteiger partial charge is 0.251 e. The summed E-state index contributed by atoms with van der Waals surface area (Å²) in [6.45, 7) is 8.94. The Morgan fingerprint density at radius 2 is 1.73 bits per heavy atom. The molecule has 0 aliphatic carbocycles. The normalized spacial score (nSPS) is 11.3. The van der Waals surface area contributed by atoms with Crippen LogP contribution in [-0.4, -0.2) is 17.9 Å². The molecule has 0 saturated heterocycles. The average molecular weight is 356 g/mol. The van der Waals surface area contributed by atoms with Crippen molar-refractivity contribution in [3.8, 4) is 0 Å². The van der Waals surface area contributed by atoms with E-state index in [0.717, 1.165) is 5.56 Å². The van der Waals surface area contributed by atoms with E-state index in [1.807, 2.05) is 20.8 Å². The van der Waals surface area contributed by atoms with E-state index in [-0.39, 0.29) is 17.9 Å². The first-order chi connectivity index (χ1) is 12.1. The topological polar surface area (TPSA) is 58.2 Å². The lowest BCUT2D eigenvalue weighted by atomic mass is 9.83. The number of carbonyl (C=O) groups is 2. The maximum Gasteiger partial charge on any atom is 0.251 e. The second-order valence-corrected chi connectivity index (χ2v) is 7.22. The number of rotatable bonds is 5. The van der Waals surface area contributed by atoms with Gasteiger partial charge in [-0.05, 0) is 58.4 Å². The summed E-state index contributed by atoms with van der Waals surface area (Å²) in [6, 6.07) is 11.4. The van der Waals surface area contributed by atoms with E-state index in [2.05, 4.69) is 10.6 Å². The molecule has 0 fully saturated rings. The fourth-order valence-electron chi connectivity index (χ4n) is 2.66. The van der Waals surface area contributed by atoms with Gasteiger partial charge in [0.05, 0.1) is 5.41 Å². The van der Waals surface area contributed by atoms with Crippen LogP contribution in [0.4, 0.5) is 10.1 Å². The second kappa shape index (κ2) is 7.68. The standard InChI is InChI=1S/C21H25FN2O2/c1-13(2)23-19(25)16-12-15(11-10-14(16)3)24-20(26)21(4,5)17-8-6-7-9-18(17)22/h6-13H,1-5H3,(H,23,25)(H,24,26). The zero-order valence-electron chi connectivity index (χ0n) is 15.8. The number of aryl methyl sites for hydroxylation is 1. The van der Waals surface area contributed by atoms with Gasteiger partial charge < -0.3 is 10.6 Å². The Kier molecular flexibility index (Phi) is 5.80. The van der Waals surface area contributed by atoms with Crippen molar-refractivity contribution in [1.82, 2.24) is 5.32 Å². The lowest BCUT2D eigenvalue weighted by Crippen LogP contribution is -2.35. The first kappa shape index (κ1) is 19.6. The van der Waals surface area contributed by atoms with Crippen LogP contribution in [0.3, 0.4) is 0 Å². The highest BCUT2D eigenvalue weighted by Crippen LogP contribution is 2.28. The number of hydrogen-bond donors (Lipinski definition) is 2. The van der Waals surface area contributed by atoms with Crippen molar-refractivity contribution < 1.29 is 14.0 Å². The third kappa shape index (κ3) is 4.28. The van der Waals surface area contributed by atoms with Crippen molar-refractivity contribution in [2.24, 2.45) is 0 Å². The molecule has 0 unspecified atom stereocenters. The minimum atomic E-state index is -1.06. The van der Waals surface area contributed by atoms with E-state index in [0.29, 0.717) is 16.8 Å². The molecule has 0 aromatic heterocycles. The molecule has 0 heterocycles. The first-order valence-corrected chi connectivity index (χ1v) is 8.61. The van der Waals surface area contributed by atoms with Gasteiger partial charge in [-0.2, -0.15) is 0 Å². The molecule has 0 bridgehead atoms. The Labute approximate surface area is 153 Å². The number of anilines is 1. The van der Waals surface area contributed by atoms with E-state index in [1.165, 1.54) is 6.07 Å². The van der Waals surface area contributed by atoms with Crippen LogP contribution in [0.1, 0.15) is 49.2 Å². The number of benzene rings is 2. The SMILES string of the molecule is Cc1ccc(NC(=O)C(C)(C)c2ccccc2F)cc1C(=O)NC(C)C. The molecule has 0 aliphatic rings. The average Bonchev–Trinajstić information content (AvgIpc) is 2.56. The Balaban J connectivity index is 2.26. The maximum atomic E-state index is 14.1. The molecule has 2 rings (SSSR count). The fourth-order valence-corrected chi connectivity index (χ4v) is 2.66. The summed E-state index contributed by atoms with van der Waals surface area (Å²) in [6.07, 6.45) is 0. The van der Waals surface area contributed by atoms with Gasteiger partial charge in [-0.25, -0.2) is 4.39 Å². The van der Waals surface area contributed by atoms with E-state index < -0.39 is 11.2 Å². The van der Waals surface area contributed by atoms with Crippen molar-refractivity contribution in [2.75, 3.05) is 5.32 Å². The molecule has 0 radical (unpaired) electrons. The highest BCUT2D eigenvalue weighted by atomic mass is 19.1. The number of halogens is 1. The minimum Gasteiger partial charge on any atom is -0.350 e. The fraction of sp³-hybridized carbons (Fsp3) is 0.333. The molecule has 138 valence electrons. The van der Waals surface area contributed by atoms with Gasteiger partial charge in [-0.15, -0.1) is 0 Å². The van der Waals surface area contributed by atoms with Gasteiger partial charge in [0.1, 0.15) is 5.82 Å². The lowest BCUT2D eigenvalue weighted by molar-refractivity contribution is -0.120. The second-order valence-electron chi connectivity index (χ2n) is 7.22. The quantitative estimate of drug-likeness (QED) is 0.844. The number of amides is 2. The van der Waals surface area contributed by atoms with Crippen LogP contribution < -0.4 is 10.6 Å². The predicted molar refractivity (Wildman–Crippen MR) is 102 cm³/mol. The van der Waals surface area contributed by atoms with Crippen LogP contribution in [0, 0.1) is 12.7 Å². The molecule has 0 saturated carbocycles. The van der Waals surface area contributed by atoms with Crippen LogP contribution in [0.15, 0.2) is 42.5 Å². The van der Waals surface area contributed by atoms with Crippen LogP contribution in [-0.2, 0) is 10.2 Å². The van der Waals surface area contributed by atoms with Crippen molar-refractivity contribution in [1.29, 1.82) is 0 Å². The summed E-state index contributed by atoms with van der Waals surface area (Å²) >= 11 is 0. The highest BCUT2D eigenvalue weighted by molar-refractivity contribution is 6.01. The van der Waals surface area contributed by atoms with E-state index in [9.17, 15) is 14.0 Å². The van der Waals surface area contributed by atoms with Crippen molar-refractivity contribution in [2.45, 2.75) is 46.1 Å². The van der Waals surface area contributed by atoms with Gasteiger partial charge in [0.2, 0.25) is 5.91 Å². The van der Waals surface area contributed by atoms with Crippen LogP contribution in [0.25, 0.3) is 0 Å². The third-order valence-electron chi connectivity index (χ3n) is 4.27. The Hall–Kier alpha value is -2.69. The van der Waals surface area contributed by atoms with Gasteiger partial charge in [-0.3, -0.25) is 9.59 Å². The zero-order valence-corrected chi connectivity index (χ0v) is 15.8. The third-order valence-corrected chi connectivity index (χ3v) is 4.27. The number of hydrogen-bond acceptors (Lipinski definition) is 2. The van der Waals surface area contributed by atoms with E-state index >= 15 is 0 Å². The summed E-state index contributed by atoms with van der Waals surface area (Å²) in [5, 5.41) is 5.64. The van der Waals surface area contributed by atoms with Gasteiger partial charge in [0, 0.05) is 22.9 Å². The van der Waals surface area contributed by atoms with Gasteiger partial charge in [-0.1, -0.05) is 24.3 Å². The minimum absolute atomic E-state index is 0.0140. The van der Waals surface area contributed by atoms with Crippen molar-refractivity contribution in [3.05, 3.63) is 65.0 Å². The van der Waals surface area contributed by atoms with Gasteiger partial charge in [0.25, 0.3) is 5.91 Å². The zero-order chi connectivity index (χ0) is 19.5. The number of nitrogens with one attached hydrogen (secondary N) is 2. The predicted octanol–water partition coefficient (Wildman–Crippen LogP) is 4.19. The molecule has 4 nitrogen and oxygen atoms in total. The molecule has 2 aromatic carbocycles. The lowest BCUT2D eigenvalue weighted by Gasteiger charge is -2.25. The molecule has 2 N–H and O–H groups in total. The molecule has 2 amide bonds. The Bertz CT molecular complexity index is 829. The van der Waals surface area contributed by atoms with Crippen LogP contribution in [0.2, 0.25) is 0 Å². The molecular formula is C21H25FN2O2. The molecule has 0 atom stereocenters. The monoisotopic (exact) mass is 356 g/mol. The molecule has 0 spiro atoms.